The molecule has 0 spiro atoms. The molecule has 16 heavy (non-hydrogen) atoms. The van der Waals surface area contributed by atoms with Crippen molar-refractivity contribution in [2.24, 2.45) is 5.73 Å². The first-order valence-electron chi connectivity index (χ1n) is 5.14. The molecule has 0 amide bonds. The molecule has 0 fully saturated rings. The summed E-state index contributed by atoms with van der Waals surface area (Å²) in [6.07, 6.45) is 3.60. The molecule has 1 unspecified atom stereocenters. The third kappa shape index (κ3) is 2.03. The molecule has 0 saturated heterocycles. The number of nitrogens with zero attached hydrogens (tertiary/aromatic N) is 2. The maximum Gasteiger partial charge on any atom is 0.0994 e. The minimum atomic E-state index is -0.0218. The molecule has 4 heteroatoms. The zero-order valence-corrected chi connectivity index (χ0v) is 10.9. The van der Waals surface area contributed by atoms with Gasteiger partial charge < -0.3 is 10.3 Å². The highest BCUT2D eigenvalue weighted by molar-refractivity contribution is 9.10. The van der Waals surface area contributed by atoms with Crippen LogP contribution in [0.5, 0.6) is 0 Å². The van der Waals surface area contributed by atoms with Crippen LogP contribution in [0, 0.1) is 6.92 Å². The molecule has 0 aliphatic carbocycles. The molecule has 2 N–H and O–H groups in total. The lowest BCUT2D eigenvalue weighted by Crippen LogP contribution is -2.10. The Balaban J connectivity index is 2.50. The van der Waals surface area contributed by atoms with Crippen molar-refractivity contribution in [3.05, 3.63) is 46.5 Å². The van der Waals surface area contributed by atoms with Crippen LogP contribution in [0.4, 0.5) is 0 Å². The van der Waals surface area contributed by atoms with Gasteiger partial charge in [-0.15, -0.1) is 0 Å². The summed E-state index contributed by atoms with van der Waals surface area (Å²) in [7, 11) is 0. The molecule has 2 aromatic rings. The molecule has 2 rings (SSSR count). The standard InChI is InChI=1S/C12H14BrN3/c1-8-5-10(3-4-11(8)13)16-7-15-6-12(16)9(2)14/h3-7,9H,14H2,1-2H3. The van der Waals surface area contributed by atoms with E-state index in [-0.39, 0.29) is 6.04 Å². The minimum Gasteiger partial charge on any atom is -0.323 e. The Morgan fingerprint density at radius 1 is 1.44 bits per heavy atom. The van der Waals surface area contributed by atoms with Gasteiger partial charge >= 0.3 is 0 Å². The molecule has 1 aromatic carbocycles. The average Bonchev–Trinajstić information content (AvgIpc) is 2.71. The molecule has 1 atom stereocenters. The lowest BCUT2D eigenvalue weighted by atomic mass is 10.2. The van der Waals surface area contributed by atoms with E-state index in [1.165, 1.54) is 5.56 Å². The molecule has 0 saturated carbocycles. The highest BCUT2D eigenvalue weighted by atomic mass is 79.9. The van der Waals surface area contributed by atoms with Gasteiger partial charge in [0, 0.05) is 16.2 Å². The fourth-order valence-electron chi connectivity index (χ4n) is 1.64. The SMILES string of the molecule is Cc1cc(-n2cncc2C(C)N)ccc1Br. The van der Waals surface area contributed by atoms with E-state index in [1.54, 1.807) is 6.33 Å². The first-order valence-corrected chi connectivity index (χ1v) is 5.93. The number of aromatic nitrogens is 2. The summed E-state index contributed by atoms with van der Waals surface area (Å²) < 4.78 is 3.13. The highest BCUT2D eigenvalue weighted by Crippen LogP contribution is 2.21. The minimum absolute atomic E-state index is 0.0218. The van der Waals surface area contributed by atoms with Crippen LogP contribution in [0.2, 0.25) is 0 Å². The number of imidazole rings is 1. The molecule has 0 aliphatic heterocycles. The summed E-state index contributed by atoms with van der Waals surface area (Å²) in [6.45, 7) is 4.02. The zero-order chi connectivity index (χ0) is 11.7. The number of hydrogen-bond donors (Lipinski definition) is 1. The second kappa shape index (κ2) is 4.39. The van der Waals surface area contributed by atoms with E-state index in [0.717, 1.165) is 15.9 Å². The lowest BCUT2D eigenvalue weighted by molar-refractivity contribution is 0.752. The van der Waals surface area contributed by atoms with Gasteiger partial charge in [-0.2, -0.15) is 0 Å². The Hall–Kier alpha value is -1.13. The second-order valence-electron chi connectivity index (χ2n) is 3.91. The van der Waals surface area contributed by atoms with E-state index < -0.39 is 0 Å². The largest absolute Gasteiger partial charge is 0.323 e. The van der Waals surface area contributed by atoms with Crippen molar-refractivity contribution < 1.29 is 0 Å². The van der Waals surface area contributed by atoms with Crippen LogP contribution in [-0.4, -0.2) is 9.55 Å². The summed E-state index contributed by atoms with van der Waals surface area (Å²) in [5.41, 5.74) is 9.19. The lowest BCUT2D eigenvalue weighted by Gasteiger charge is -2.11. The van der Waals surface area contributed by atoms with Crippen molar-refractivity contribution >= 4 is 15.9 Å². The van der Waals surface area contributed by atoms with Gasteiger partial charge in [-0.3, -0.25) is 0 Å². The van der Waals surface area contributed by atoms with E-state index in [0.29, 0.717) is 0 Å². The fraction of sp³-hybridized carbons (Fsp3) is 0.250. The van der Waals surface area contributed by atoms with Crippen LogP contribution in [0.15, 0.2) is 35.2 Å². The van der Waals surface area contributed by atoms with Crippen LogP contribution >= 0.6 is 15.9 Å². The van der Waals surface area contributed by atoms with Gasteiger partial charge in [0.2, 0.25) is 0 Å². The average molecular weight is 280 g/mol. The molecular formula is C12H14BrN3. The Kier molecular flexibility index (Phi) is 3.12. The van der Waals surface area contributed by atoms with Crippen molar-refractivity contribution in [3.8, 4) is 5.69 Å². The van der Waals surface area contributed by atoms with Gasteiger partial charge in [0.05, 0.1) is 18.2 Å². The fourth-order valence-corrected chi connectivity index (χ4v) is 1.88. The normalized spacial score (nSPS) is 12.8. The maximum absolute atomic E-state index is 5.89. The van der Waals surface area contributed by atoms with E-state index in [2.05, 4.69) is 33.9 Å². The Bertz CT molecular complexity index is 503. The van der Waals surface area contributed by atoms with Crippen molar-refractivity contribution in [1.29, 1.82) is 0 Å². The smallest absolute Gasteiger partial charge is 0.0994 e. The molecule has 0 radical (unpaired) electrons. The topological polar surface area (TPSA) is 43.8 Å². The van der Waals surface area contributed by atoms with E-state index >= 15 is 0 Å². The Labute approximate surface area is 103 Å². The number of benzene rings is 1. The molecule has 3 nitrogen and oxygen atoms in total. The molecule has 1 aromatic heterocycles. The first-order chi connectivity index (χ1) is 7.59. The van der Waals surface area contributed by atoms with Gasteiger partial charge in [-0.1, -0.05) is 15.9 Å². The van der Waals surface area contributed by atoms with Gasteiger partial charge in [-0.05, 0) is 37.6 Å². The van der Waals surface area contributed by atoms with Crippen LogP contribution in [-0.2, 0) is 0 Å². The van der Waals surface area contributed by atoms with E-state index in [4.69, 9.17) is 5.73 Å². The Morgan fingerprint density at radius 3 is 2.81 bits per heavy atom. The summed E-state index contributed by atoms with van der Waals surface area (Å²) in [5, 5.41) is 0. The summed E-state index contributed by atoms with van der Waals surface area (Å²) in [4.78, 5) is 4.14. The quantitative estimate of drug-likeness (QED) is 0.919. The number of hydrogen-bond acceptors (Lipinski definition) is 2. The van der Waals surface area contributed by atoms with Crippen LogP contribution in [0.1, 0.15) is 24.2 Å². The van der Waals surface area contributed by atoms with Gasteiger partial charge in [0.15, 0.2) is 0 Å². The summed E-state index contributed by atoms with van der Waals surface area (Å²) in [6, 6.07) is 6.17. The summed E-state index contributed by atoms with van der Waals surface area (Å²) >= 11 is 3.49. The molecule has 0 bridgehead atoms. The highest BCUT2D eigenvalue weighted by Gasteiger charge is 2.08. The number of nitrogens with two attached hydrogens (primary N) is 1. The monoisotopic (exact) mass is 279 g/mol. The zero-order valence-electron chi connectivity index (χ0n) is 9.31. The third-order valence-electron chi connectivity index (χ3n) is 2.55. The van der Waals surface area contributed by atoms with E-state index in [1.807, 2.05) is 29.8 Å². The summed E-state index contributed by atoms with van der Waals surface area (Å²) in [5.74, 6) is 0. The van der Waals surface area contributed by atoms with Crippen LogP contribution in [0.25, 0.3) is 5.69 Å². The predicted molar refractivity (Wildman–Crippen MR) is 68.6 cm³/mol. The van der Waals surface area contributed by atoms with Crippen molar-refractivity contribution in [1.82, 2.24) is 9.55 Å². The molecule has 1 heterocycles. The number of aryl methyl sites for hydroxylation is 1. The van der Waals surface area contributed by atoms with Gasteiger partial charge in [-0.25, -0.2) is 4.98 Å². The molecular weight excluding hydrogens is 266 g/mol. The van der Waals surface area contributed by atoms with Gasteiger partial charge in [0.1, 0.15) is 0 Å². The van der Waals surface area contributed by atoms with Crippen molar-refractivity contribution in [2.75, 3.05) is 0 Å². The van der Waals surface area contributed by atoms with Crippen LogP contribution in [0.3, 0.4) is 0 Å². The first kappa shape index (κ1) is 11.4. The number of halogens is 1. The predicted octanol–water partition coefficient (Wildman–Crippen LogP) is 2.96. The van der Waals surface area contributed by atoms with Gasteiger partial charge in [0.25, 0.3) is 0 Å². The van der Waals surface area contributed by atoms with Crippen molar-refractivity contribution in [3.63, 3.8) is 0 Å². The second-order valence-corrected chi connectivity index (χ2v) is 4.77. The third-order valence-corrected chi connectivity index (χ3v) is 3.44. The van der Waals surface area contributed by atoms with Crippen LogP contribution < -0.4 is 5.73 Å². The van der Waals surface area contributed by atoms with E-state index in [9.17, 15) is 0 Å². The molecule has 0 aliphatic rings. The molecule has 84 valence electrons. The Morgan fingerprint density at radius 2 is 2.19 bits per heavy atom. The maximum atomic E-state index is 5.89. The van der Waals surface area contributed by atoms with Crippen molar-refractivity contribution in [2.45, 2.75) is 19.9 Å². The number of rotatable bonds is 2.